The number of para-hydroxylation sites is 1. The highest BCUT2D eigenvalue weighted by atomic mass is 19.1. The first-order chi connectivity index (χ1) is 18.7. The zero-order valence-corrected chi connectivity index (χ0v) is 21.2. The van der Waals surface area contributed by atoms with E-state index < -0.39 is 5.54 Å². The lowest BCUT2D eigenvalue weighted by molar-refractivity contribution is 0.0302. The fourth-order valence-electron chi connectivity index (χ4n) is 6.33. The van der Waals surface area contributed by atoms with Crippen LogP contribution in [-0.4, -0.2) is 43.2 Å². The number of aromatic amines is 2. The van der Waals surface area contributed by atoms with Crippen molar-refractivity contribution in [2.75, 3.05) is 13.2 Å². The van der Waals surface area contributed by atoms with E-state index in [4.69, 9.17) is 14.8 Å². The minimum Gasteiger partial charge on any atom is -0.381 e. The van der Waals surface area contributed by atoms with Gasteiger partial charge in [-0.3, -0.25) is 15.1 Å². The number of H-pyrrole nitrogens is 2. The second kappa shape index (κ2) is 9.18. The maximum Gasteiger partial charge on any atom is 0.181 e. The number of benzene rings is 2. The number of ether oxygens (including phenoxy) is 1. The summed E-state index contributed by atoms with van der Waals surface area (Å²) in [6.07, 6.45) is 6.80. The summed E-state index contributed by atoms with van der Waals surface area (Å²) in [6, 6.07) is 14.7. The molecule has 0 radical (unpaired) electrons. The summed E-state index contributed by atoms with van der Waals surface area (Å²) >= 11 is 0. The number of halogens is 1. The van der Waals surface area contributed by atoms with Crippen molar-refractivity contribution in [2.24, 2.45) is 5.92 Å². The van der Waals surface area contributed by atoms with Crippen LogP contribution in [0.2, 0.25) is 0 Å². The zero-order chi connectivity index (χ0) is 25.7. The molecule has 0 unspecified atom stereocenters. The van der Waals surface area contributed by atoms with Crippen LogP contribution in [0.5, 0.6) is 0 Å². The number of hydrogen-bond donors (Lipinski definition) is 3. The van der Waals surface area contributed by atoms with Gasteiger partial charge in [0, 0.05) is 53.7 Å². The third-order valence-corrected chi connectivity index (χ3v) is 8.20. The van der Waals surface area contributed by atoms with Crippen LogP contribution in [0.15, 0.2) is 60.9 Å². The number of nitrogens with one attached hydrogen (secondary N) is 3. The molecule has 0 spiro atoms. The molecule has 0 amide bonds. The van der Waals surface area contributed by atoms with Gasteiger partial charge in [-0.25, -0.2) is 9.37 Å². The lowest BCUT2D eigenvalue weighted by atomic mass is 9.69. The largest absolute Gasteiger partial charge is 0.381 e. The minimum absolute atomic E-state index is 0.115. The fourth-order valence-corrected chi connectivity index (χ4v) is 6.33. The predicted molar refractivity (Wildman–Crippen MR) is 142 cm³/mol. The SMILES string of the molecule is CCn1cc([C@]2(C3CCOCC3)N[C@@H](c3nc(-c4ccc(F)cc4)n[nH]3)Cc3c2[nH]c2ccccc32)cn1. The number of nitrogens with zero attached hydrogens (tertiary/aromatic N) is 4. The van der Waals surface area contributed by atoms with Gasteiger partial charge < -0.3 is 9.72 Å². The third-order valence-electron chi connectivity index (χ3n) is 8.20. The normalized spacial score (nSPS) is 22.1. The van der Waals surface area contributed by atoms with Crippen molar-refractivity contribution < 1.29 is 9.13 Å². The number of fused-ring (bicyclic) bond motifs is 3. The summed E-state index contributed by atoms with van der Waals surface area (Å²) in [5.74, 6) is 1.33. The summed E-state index contributed by atoms with van der Waals surface area (Å²) in [7, 11) is 0. The molecule has 2 atom stereocenters. The molecular weight excluding hydrogens is 481 g/mol. The van der Waals surface area contributed by atoms with Crippen LogP contribution in [0.3, 0.4) is 0 Å². The van der Waals surface area contributed by atoms with Crippen molar-refractivity contribution >= 4 is 10.9 Å². The molecule has 0 bridgehead atoms. The smallest absolute Gasteiger partial charge is 0.181 e. The lowest BCUT2D eigenvalue weighted by Gasteiger charge is -2.47. The van der Waals surface area contributed by atoms with Crippen molar-refractivity contribution in [3.05, 3.63) is 89.4 Å². The quantitative estimate of drug-likeness (QED) is 0.313. The monoisotopic (exact) mass is 511 g/mol. The Morgan fingerprint density at radius 1 is 1.11 bits per heavy atom. The molecule has 0 aliphatic carbocycles. The first kappa shape index (κ1) is 23.3. The van der Waals surface area contributed by atoms with Gasteiger partial charge in [0.2, 0.25) is 0 Å². The molecule has 0 saturated carbocycles. The molecule has 2 aromatic carbocycles. The van der Waals surface area contributed by atoms with Crippen LogP contribution in [0.25, 0.3) is 22.3 Å². The van der Waals surface area contributed by atoms with Gasteiger partial charge in [0.15, 0.2) is 5.82 Å². The Morgan fingerprint density at radius 3 is 2.71 bits per heavy atom. The molecule has 8 nitrogen and oxygen atoms in total. The molecule has 3 N–H and O–H groups in total. The molecule has 194 valence electrons. The highest BCUT2D eigenvalue weighted by molar-refractivity contribution is 5.86. The van der Waals surface area contributed by atoms with Crippen LogP contribution < -0.4 is 5.32 Å². The highest BCUT2D eigenvalue weighted by Crippen LogP contribution is 2.49. The predicted octanol–water partition coefficient (Wildman–Crippen LogP) is 4.87. The summed E-state index contributed by atoms with van der Waals surface area (Å²) in [5.41, 5.74) is 5.04. The Kier molecular flexibility index (Phi) is 5.63. The number of aryl methyl sites for hydroxylation is 1. The van der Waals surface area contributed by atoms with E-state index in [1.165, 1.54) is 28.8 Å². The fraction of sp³-hybridized carbons (Fsp3) is 0.345. The van der Waals surface area contributed by atoms with E-state index in [0.717, 1.165) is 61.5 Å². The summed E-state index contributed by atoms with van der Waals surface area (Å²) in [5, 5.41) is 17.7. The van der Waals surface area contributed by atoms with Gasteiger partial charge in [-0.1, -0.05) is 18.2 Å². The Morgan fingerprint density at radius 2 is 1.92 bits per heavy atom. The van der Waals surface area contributed by atoms with E-state index in [1.54, 1.807) is 12.1 Å². The van der Waals surface area contributed by atoms with Gasteiger partial charge in [-0.05, 0) is 68.0 Å². The first-order valence-electron chi connectivity index (χ1n) is 13.3. The van der Waals surface area contributed by atoms with Crippen molar-refractivity contribution in [3.8, 4) is 11.4 Å². The molecule has 1 fully saturated rings. The van der Waals surface area contributed by atoms with Gasteiger partial charge in [0.1, 0.15) is 11.6 Å². The van der Waals surface area contributed by atoms with E-state index in [9.17, 15) is 4.39 Å². The number of rotatable bonds is 5. The Labute approximate surface area is 219 Å². The molecule has 3 aromatic heterocycles. The summed E-state index contributed by atoms with van der Waals surface area (Å²) in [4.78, 5) is 8.71. The van der Waals surface area contributed by atoms with Gasteiger partial charge in [0.25, 0.3) is 0 Å². The molecule has 38 heavy (non-hydrogen) atoms. The maximum absolute atomic E-state index is 13.5. The topological polar surface area (TPSA) is 96.4 Å². The Hall–Kier alpha value is -3.82. The molecule has 2 aliphatic heterocycles. The average Bonchev–Trinajstić information content (AvgIpc) is 3.72. The highest BCUT2D eigenvalue weighted by Gasteiger charge is 2.50. The van der Waals surface area contributed by atoms with Crippen molar-refractivity contribution in [3.63, 3.8) is 0 Å². The van der Waals surface area contributed by atoms with Crippen LogP contribution in [0.1, 0.15) is 48.5 Å². The molecule has 2 aliphatic rings. The Balaban J connectivity index is 1.40. The van der Waals surface area contributed by atoms with Gasteiger partial charge in [-0.2, -0.15) is 10.2 Å². The standard InChI is InChI=1S/C29H30FN7O/c1-2-37-17-20(16-31-37)29(19-11-13-38-14-12-19)26-23(22-5-3-4-6-24(22)32-26)15-25(34-29)28-33-27(35-36-28)18-7-9-21(30)10-8-18/h3-10,16-17,19,25,32,34H,2,11-15H2,1H3,(H,33,35,36)/t25-,29+/m1/s1. The molecule has 5 heterocycles. The van der Waals surface area contributed by atoms with Crippen molar-refractivity contribution in [1.29, 1.82) is 0 Å². The molecule has 1 saturated heterocycles. The van der Waals surface area contributed by atoms with Crippen molar-refractivity contribution in [2.45, 2.75) is 44.3 Å². The summed E-state index contributed by atoms with van der Waals surface area (Å²) < 4.78 is 21.3. The molecular formula is C29H30FN7O. The van der Waals surface area contributed by atoms with Crippen LogP contribution in [-0.2, 0) is 23.2 Å². The Bertz CT molecular complexity index is 1580. The zero-order valence-electron chi connectivity index (χ0n) is 21.2. The second-order valence-corrected chi connectivity index (χ2v) is 10.3. The van der Waals surface area contributed by atoms with E-state index in [2.05, 4.69) is 57.9 Å². The molecule has 7 rings (SSSR count). The van der Waals surface area contributed by atoms with Crippen molar-refractivity contribution in [1.82, 2.24) is 35.3 Å². The summed E-state index contributed by atoms with van der Waals surface area (Å²) in [6.45, 7) is 4.37. The minimum atomic E-state index is -0.503. The number of aromatic nitrogens is 6. The van der Waals surface area contributed by atoms with Crippen LogP contribution in [0, 0.1) is 11.7 Å². The molecule has 9 heteroatoms. The van der Waals surface area contributed by atoms with E-state index in [1.807, 2.05) is 10.9 Å². The maximum atomic E-state index is 13.5. The third kappa shape index (κ3) is 3.68. The average molecular weight is 512 g/mol. The van der Waals surface area contributed by atoms with E-state index >= 15 is 0 Å². The lowest BCUT2D eigenvalue weighted by Crippen LogP contribution is -2.55. The van der Waals surface area contributed by atoms with E-state index in [0.29, 0.717) is 11.7 Å². The van der Waals surface area contributed by atoms with E-state index in [-0.39, 0.29) is 11.9 Å². The van der Waals surface area contributed by atoms with Crippen LogP contribution in [0.4, 0.5) is 4.39 Å². The van der Waals surface area contributed by atoms with Gasteiger partial charge >= 0.3 is 0 Å². The van der Waals surface area contributed by atoms with Crippen LogP contribution >= 0.6 is 0 Å². The number of hydrogen-bond acceptors (Lipinski definition) is 5. The van der Waals surface area contributed by atoms with Gasteiger partial charge in [-0.15, -0.1) is 0 Å². The first-order valence-corrected chi connectivity index (χ1v) is 13.3. The van der Waals surface area contributed by atoms with Gasteiger partial charge in [0.05, 0.1) is 17.8 Å². The molecule has 5 aromatic rings. The second-order valence-electron chi connectivity index (χ2n) is 10.3.